The number of aromatic nitrogens is 5. The van der Waals surface area contributed by atoms with Crippen molar-refractivity contribution in [1.29, 1.82) is 0 Å². The third-order valence-corrected chi connectivity index (χ3v) is 5.10. The van der Waals surface area contributed by atoms with Crippen LogP contribution in [0, 0.1) is 11.7 Å². The standard InChI is InChI=1S/C21H24FN5O4/c22-18-4-3-15(11-19(18)31-13-16-1-2-16)5-8-27-17(12-23-25-27)14-30-10-9-26-7-6-20(28)24-21(26)29/h3-4,6-7,11-12,16H,1-2,5,8-10,13-14H2,(H,24,28,29). The lowest BCUT2D eigenvalue weighted by Gasteiger charge is -2.10. The summed E-state index contributed by atoms with van der Waals surface area (Å²) >= 11 is 0. The number of hydrogen-bond acceptors (Lipinski definition) is 6. The molecule has 9 nitrogen and oxygen atoms in total. The highest BCUT2D eigenvalue weighted by atomic mass is 19.1. The van der Waals surface area contributed by atoms with E-state index in [1.54, 1.807) is 23.0 Å². The number of ether oxygens (including phenoxy) is 2. The monoisotopic (exact) mass is 429 g/mol. The molecule has 0 spiro atoms. The van der Waals surface area contributed by atoms with Crippen molar-refractivity contribution in [2.45, 2.75) is 39.0 Å². The second-order valence-electron chi connectivity index (χ2n) is 7.57. The molecule has 10 heteroatoms. The van der Waals surface area contributed by atoms with Crippen LogP contribution in [-0.2, 0) is 30.9 Å². The summed E-state index contributed by atoms with van der Waals surface area (Å²) in [5.74, 6) is 0.508. The largest absolute Gasteiger partial charge is 0.490 e. The molecular formula is C21H24FN5O4. The third-order valence-electron chi connectivity index (χ3n) is 5.10. The first kappa shape index (κ1) is 21.0. The van der Waals surface area contributed by atoms with Crippen molar-refractivity contribution in [1.82, 2.24) is 24.5 Å². The van der Waals surface area contributed by atoms with Crippen LogP contribution in [0.1, 0.15) is 24.1 Å². The van der Waals surface area contributed by atoms with Gasteiger partial charge in [-0.25, -0.2) is 13.9 Å². The van der Waals surface area contributed by atoms with Crippen LogP contribution >= 0.6 is 0 Å². The average Bonchev–Trinajstić information content (AvgIpc) is 3.48. The molecule has 0 aliphatic heterocycles. The van der Waals surface area contributed by atoms with Gasteiger partial charge in [-0.3, -0.25) is 14.3 Å². The molecule has 0 atom stereocenters. The van der Waals surface area contributed by atoms with Crippen LogP contribution in [0.5, 0.6) is 5.75 Å². The van der Waals surface area contributed by atoms with E-state index in [0.29, 0.717) is 37.8 Å². The maximum absolute atomic E-state index is 14.0. The van der Waals surface area contributed by atoms with E-state index in [4.69, 9.17) is 9.47 Å². The van der Waals surface area contributed by atoms with Gasteiger partial charge in [0, 0.05) is 18.8 Å². The minimum absolute atomic E-state index is 0.282. The molecule has 4 rings (SSSR count). The number of nitrogens with zero attached hydrogens (tertiary/aromatic N) is 4. The van der Waals surface area contributed by atoms with E-state index >= 15 is 0 Å². The molecule has 0 amide bonds. The molecule has 164 valence electrons. The van der Waals surface area contributed by atoms with Crippen LogP contribution in [0.25, 0.3) is 0 Å². The molecule has 0 saturated heterocycles. The summed E-state index contributed by atoms with van der Waals surface area (Å²) in [5, 5.41) is 8.02. The van der Waals surface area contributed by atoms with Crippen LogP contribution in [0.3, 0.4) is 0 Å². The molecule has 2 heterocycles. The van der Waals surface area contributed by atoms with Gasteiger partial charge in [-0.15, -0.1) is 5.10 Å². The Balaban J connectivity index is 1.27. The first-order valence-corrected chi connectivity index (χ1v) is 10.2. The Kier molecular flexibility index (Phi) is 6.56. The van der Waals surface area contributed by atoms with Crippen LogP contribution in [-0.4, -0.2) is 37.8 Å². The van der Waals surface area contributed by atoms with Crippen molar-refractivity contribution in [2.24, 2.45) is 5.92 Å². The Morgan fingerprint density at radius 1 is 1.19 bits per heavy atom. The molecule has 0 bridgehead atoms. The fraction of sp³-hybridized carbons (Fsp3) is 0.429. The van der Waals surface area contributed by atoms with E-state index in [1.165, 1.54) is 22.9 Å². The third kappa shape index (κ3) is 5.88. The lowest BCUT2D eigenvalue weighted by Crippen LogP contribution is -2.29. The predicted molar refractivity (Wildman–Crippen MR) is 109 cm³/mol. The van der Waals surface area contributed by atoms with Crippen molar-refractivity contribution in [3.63, 3.8) is 0 Å². The highest BCUT2D eigenvalue weighted by Gasteiger charge is 2.22. The maximum atomic E-state index is 14.0. The molecule has 0 unspecified atom stereocenters. The summed E-state index contributed by atoms with van der Waals surface area (Å²) in [6, 6.07) is 6.21. The van der Waals surface area contributed by atoms with Gasteiger partial charge in [-0.05, 0) is 42.9 Å². The highest BCUT2D eigenvalue weighted by molar-refractivity contribution is 5.30. The van der Waals surface area contributed by atoms with Gasteiger partial charge < -0.3 is 9.47 Å². The summed E-state index contributed by atoms with van der Waals surface area (Å²) in [6.45, 7) is 2.01. The van der Waals surface area contributed by atoms with Gasteiger partial charge >= 0.3 is 5.69 Å². The molecule has 3 aromatic rings. The molecule has 0 radical (unpaired) electrons. The summed E-state index contributed by atoms with van der Waals surface area (Å²) in [4.78, 5) is 24.9. The Bertz CT molecular complexity index is 1140. The zero-order valence-corrected chi connectivity index (χ0v) is 17.0. The number of hydrogen-bond donors (Lipinski definition) is 1. The number of benzene rings is 1. The molecule has 1 fully saturated rings. The number of halogens is 1. The second-order valence-corrected chi connectivity index (χ2v) is 7.57. The molecule has 31 heavy (non-hydrogen) atoms. The maximum Gasteiger partial charge on any atom is 0.328 e. The molecule has 1 aromatic carbocycles. The van der Waals surface area contributed by atoms with E-state index < -0.39 is 11.2 Å². The summed E-state index contributed by atoms with van der Waals surface area (Å²) in [5.41, 5.74) is 0.843. The lowest BCUT2D eigenvalue weighted by molar-refractivity contribution is 0.106. The van der Waals surface area contributed by atoms with Gasteiger partial charge in [-0.1, -0.05) is 11.3 Å². The van der Waals surface area contributed by atoms with Crippen LogP contribution in [0.15, 0.2) is 46.2 Å². The van der Waals surface area contributed by atoms with Crippen molar-refractivity contribution in [3.8, 4) is 5.75 Å². The van der Waals surface area contributed by atoms with Crippen LogP contribution < -0.4 is 16.0 Å². The predicted octanol–water partition coefficient (Wildman–Crippen LogP) is 1.52. The van der Waals surface area contributed by atoms with Gasteiger partial charge in [0.25, 0.3) is 5.56 Å². The van der Waals surface area contributed by atoms with Gasteiger partial charge in [-0.2, -0.15) is 0 Å². The Labute approximate surface area is 177 Å². The van der Waals surface area contributed by atoms with E-state index in [2.05, 4.69) is 15.3 Å². The number of aromatic amines is 1. The molecule has 1 saturated carbocycles. The second kappa shape index (κ2) is 9.69. The number of nitrogens with one attached hydrogen (secondary N) is 1. The van der Waals surface area contributed by atoms with Crippen molar-refractivity contribution >= 4 is 0 Å². The van der Waals surface area contributed by atoms with Gasteiger partial charge in [0.1, 0.15) is 0 Å². The van der Waals surface area contributed by atoms with Gasteiger partial charge in [0.15, 0.2) is 11.6 Å². The first-order valence-electron chi connectivity index (χ1n) is 10.2. The van der Waals surface area contributed by atoms with Crippen LogP contribution in [0.4, 0.5) is 4.39 Å². The lowest BCUT2D eigenvalue weighted by atomic mass is 10.1. The quantitative estimate of drug-likeness (QED) is 0.464. The molecule has 2 aromatic heterocycles. The van der Waals surface area contributed by atoms with Crippen LogP contribution in [0.2, 0.25) is 0 Å². The minimum Gasteiger partial charge on any atom is -0.490 e. The van der Waals surface area contributed by atoms with E-state index in [-0.39, 0.29) is 19.0 Å². The van der Waals surface area contributed by atoms with E-state index in [0.717, 1.165) is 24.1 Å². The van der Waals surface area contributed by atoms with Crippen molar-refractivity contribution in [2.75, 3.05) is 13.2 Å². The first-order chi connectivity index (χ1) is 15.1. The SMILES string of the molecule is O=c1ccn(CCOCc2cnnn2CCc2ccc(F)c(OCC3CC3)c2)c(=O)[nH]1. The van der Waals surface area contributed by atoms with E-state index in [1.807, 2.05) is 0 Å². The van der Waals surface area contributed by atoms with Crippen molar-refractivity contribution in [3.05, 3.63) is 74.6 Å². The summed E-state index contributed by atoms with van der Waals surface area (Å²) in [6.07, 6.45) is 6.01. The normalized spacial score (nSPS) is 13.5. The summed E-state index contributed by atoms with van der Waals surface area (Å²) in [7, 11) is 0. The molecule has 1 N–H and O–H groups in total. The highest BCUT2D eigenvalue weighted by Crippen LogP contribution is 2.30. The number of H-pyrrole nitrogens is 1. The minimum atomic E-state index is -0.470. The zero-order chi connectivity index (χ0) is 21.6. The molecule has 1 aliphatic rings. The van der Waals surface area contributed by atoms with Gasteiger partial charge in [0.2, 0.25) is 0 Å². The van der Waals surface area contributed by atoms with E-state index in [9.17, 15) is 14.0 Å². The molecular weight excluding hydrogens is 405 g/mol. The Hall–Kier alpha value is -3.27. The Morgan fingerprint density at radius 3 is 2.87 bits per heavy atom. The zero-order valence-electron chi connectivity index (χ0n) is 17.0. The number of rotatable bonds is 11. The number of aryl methyl sites for hydroxylation is 2. The molecule has 1 aliphatic carbocycles. The fourth-order valence-electron chi connectivity index (χ4n) is 3.08. The topological polar surface area (TPSA) is 104 Å². The fourth-order valence-corrected chi connectivity index (χ4v) is 3.08. The Morgan fingerprint density at radius 2 is 2.06 bits per heavy atom. The van der Waals surface area contributed by atoms with Crippen molar-refractivity contribution < 1.29 is 13.9 Å². The smallest absolute Gasteiger partial charge is 0.328 e. The summed E-state index contributed by atoms with van der Waals surface area (Å²) < 4.78 is 28.3. The van der Waals surface area contributed by atoms with Gasteiger partial charge in [0.05, 0.1) is 38.3 Å². The average molecular weight is 429 g/mol.